The normalized spacial score (nSPS) is 9.79. The van der Waals surface area contributed by atoms with Crippen molar-refractivity contribution in [1.82, 2.24) is 9.78 Å². The summed E-state index contributed by atoms with van der Waals surface area (Å²) in [5, 5.41) is 4.07. The van der Waals surface area contributed by atoms with Crippen LogP contribution >= 0.6 is 0 Å². The summed E-state index contributed by atoms with van der Waals surface area (Å²) in [5.74, 6) is 5.69. The lowest BCUT2D eigenvalue weighted by Gasteiger charge is -2.08. The Balaban J connectivity index is 2.02. The lowest BCUT2D eigenvalue weighted by atomic mass is 10.2. The van der Waals surface area contributed by atoms with Crippen molar-refractivity contribution in [3.05, 3.63) is 48.0 Å². The highest BCUT2D eigenvalue weighted by atomic mass is 19.1. The summed E-state index contributed by atoms with van der Waals surface area (Å²) in [4.78, 5) is 0. The summed E-state index contributed by atoms with van der Waals surface area (Å²) in [6.45, 7) is 1.28. The third kappa shape index (κ3) is 3.83. The van der Waals surface area contributed by atoms with Crippen molar-refractivity contribution in [3.8, 4) is 17.6 Å². The fraction of sp³-hybridized carbons (Fsp3) is 0.214. The molecule has 0 unspecified atom stereocenters. The molecule has 0 aliphatic carbocycles. The van der Waals surface area contributed by atoms with Gasteiger partial charge in [0.25, 0.3) is 0 Å². The number of hydrogen-bond acceptors (Lipinski definition) is 3. The van der Waals surface area contributed by atoms with Crippen LogP contribution in [0.15, 0.2) is 36.7 Å². The molecule has 0 bridgehead atoms. The smallest absolute Gasteiger partial charge is 0.135 e. The molecule has 0 saturated carbocycles. The molecule has 98 valence electrons. The molecule has 0 aliphatic heterocycles. The fourth-order valence-electron chi connectivity index (χ4n) is 1.55. The van der Waals surface area contributed by atoms with Gasteiger partial charge in [0.2, 0.25) is 0 Å². The Bertz CT molecular complexity index is 584. The van der Waals surface area contributed by atoms with Crippen molar-refractivity contribution in [2.45, 2.75) is 6.54 Å². The molecule has 0 spiro atoms. The topological polar surface area (TPSA) is 53.1 Å². The molecule has 1 heterocycles. The van der Waals surface area contributed by atoms with Crippen molar-refractivity contribution in [2.24, 2.45) is 5.73 Å². The molecule has 19 heavy (non-hydrogen) atoms. The van der Waals surface area contributed by atoms with Crippen LogP contribution in [0.1, 0.15) is 5.56 Å². The van der Waals surface area contributed by atoms with Gasteiger partial charge in [-0.1, -0.05) is 11.8 Å². The van der Waals surface area contributed by atoms with Gasteiger partial charge in [-0.2, -0.15) is 5.10 Å². The first-order chi connectivity index (χ1) is 9.29. The van der Waals surface area contributed by atoms with Gasteiger partial charge in [-0.15, -0.1) is 0 Å². The van der Waals surface area contributed by atoms with E-state index < -0.39 is 0 Å². The van der Waals surface area contributed by atoms with Crippen LogP contribution in [0.5, 0.6) is 5.75 Å². The molecule has 5 heteroatoms. The van der Waals surface area contributed by atoms with Crippen molar-refractivity contribution < 1.29 is 9.13 Å². The van der Waals surface area contributed by atoms with E-state index in [4.69, 9.17) is 10.5 Å². The van der Waals surface area contributed by atoms with E-state index in [0.717, 1.165) is 0 Å². The maximum absolute atomic E-state index is 13.2. The van der Waals surface area contributed by atoms with Gasteiger partial charge in [0.05, 0.1) is 18.7 Å². The molecule has 0 atom stereocenters. The van der Waals surface area contributed by atoms with Gasteiger partial charge in [0.1, 0.15) is 18.2 Å². The number of rotatable bonds is 4. The molecular formula is C14H14FN3O. The summed E-state index contributed by atoms with van der Waals surface area (Å²) in [5.41, 5.74) is 5.81. The lowest BCUT2D eigenvalue weighted by Crippen LogP contribution is -2.09. The van der Waals surface area contributed by atoms with Crippen LogP contribution in [0.3, 0.4) is 0 Å². The maximum Gasteiger partial charge on any atom is 0.135 e. The Labute approximate surface area is 111 Å². The van der Waals surface area contributed by atoms with Crippen LogP contribution < -0.4 is 10.5 Å². The summed E-state index contributed by atoms with van der Waals surface area (Å²) in [7, 11) is 0. The zero-order valence-corrected chi connectivity index (χ0v) is 10.3. The Kier molecular flexibility index (Phi) is 4.54. The standard InChI is InChI=1S/C14H14FN3O/c15-13-4-5-14(12(11-13)3-1-6-16)19-10-9-18-8-2-7-17-18/h2,4-5,7-8,11H,6,9-10,16H2. The van der Waals surface area contributed by atoms with Crippen molar-refractivity contribution >= 4 is 0 Å². The molecule has 1 aromatic carbocycles. The van der Waals surface area contributed by atoms with E-state index in [9.17, 15) is 4.39 Å². The second-order valence-corrected chi connectivity index (χ2v) is 3.76. The highest BCUT2D eigenvalue weighted by molar-refractivity contribution is 5.46. The quantitative estimate of drug-likeness (QED) is 0.845. The third-order valence-corrected chi connectivity index (χ3v) is 2.40. The Morgan fingerprint density at radius 1 is 1.42 bits per heavy atom. The first-order valence-electron chi connectivity index (χ1n) is 5.88. The lowest BCUT2D eigenvalue weighted by molar-refractivity contribution is 0.290. The summed E-state index contributed by atoms with van der Waals surface area (Å²) < 4.78 is 20.5. The van der Waals surface area contributed by atoms with Crippen molar-refractivity contribution in [1.29, 1.82) is 0 Å². The minimum absolute atomic E-state index is 0.225. The van der Waals surface area contributed by atoms with E-state index in [-0.39, 0.29) is 12.4 Å². The Morgan fingerprint density at radius 3 is 3.05 bits per heavy atom. The van der Waals surface area contributed by atoms with Crippen LogP contribution in [-0.4, -0.2) is 22.9 Å². The van der Waals surface area contributed by atoms with Crippen LogP contribution in [0.4, 0.5) is 4.39 Å². The molecule has 0 amide bonds. The van der Waals surface area contributed by atoms with Crippen molar-refractivity contribution in [3.63, 3.8) is 0 Å². The molecule has 0 saturated heterocycles. The van der Waals surface area contributed by atoms with Crippen molar-refractivity contribution in [2.75, 3.05) is 13.2 Å². The maximum atomic E-state index is 13.2. The SMILES string of the molecule is NCC#Cc1cc(F)ccc1OCCn1cccn1. The Morgan fingerprint density at radius 2 is 2.32 bits per heavy atom. The van der Waals surface area contributed by atoms with E-state index >= 15 is 0 Å². The zero-order chi connectivity index (χ0) is 13.5. The van der Waals surface area contributed by atoms with Crippen LogP contribution in [-0.2, 0) is 6.54 Å². The fourth-order valence-corrected chi connectivity index (χ4v) is 1.55. The van der Waals surface area contributed by atoms with Gasteiger partial charge < -0.3 is 10.5 Å². The first kappa shape index (κ1) is 13.1. The van der Waals surface area contributed by atoms with Gasteiger partial charge in [-0.3, -0.25) is 4.68 Å². The van der Waals surface area contributed by atoms with Crippen LogP contribution in [0, 0.1) is 17.7 Å². The second-order valence-electron chi connectivity index (χ2n) is 3.76. The summed E-state index contributed by atoms with van der Waals surface area (Å²) in [6, 6.07) is 6.10. The number of nitrogens with zero attached hydrogens (tertiary/aromatic N) is 2. The Hall–Kier alpha value is -2.32. The highest BCUT2D eigenvalue weighted by Gasteiger charge is 2.03. The number of halogens is 1. The second kappa shape index (κ2) is 6.57. The number of benzene rings is 1. The van der Waals surface area contributed by atoms with Gasteiger partial charge >= 0.3 is 0 Å². The van der Waals surface area contributed by atoms with E-state index in [0.29, 0.717) is 24.5 Å². The number of nitrogens with two attached hydrogens (primary N) is 1. The van der Waals surface area contributed by atoms with Gasteiger partial charge in [0.15, 0.2) is 0 Å². The monoisotopic (exact) mass is 259 g/mol. The molecule has 0 aliphatic rings. The summed E-state index contributed by atoms with van der Waals surface area (Å²) in [6.07, 6.45) is 3.55. The molecule has 2 aromatic rings. The van der Waals surface area contributed by atoms with Crippen LogP contribution in [0.2, 0.25) is 0 Å². The molecular weight excluding hydrogens is 245 g/mol. The van der Waals surface area contributed by atoms with E-state index in [1.165, 1.54) is 12.1 Å². The minimum Gasteiger partial charge on any atom is -0.490 e. The number of hydrogen-bond donors (Lipinski definition) is 1. The molecule has 0 radical (unpaired) electrons. The number of ether oxygens (including phenoxy) is 1. The first-order valence-corrected chi connectivity index (χ1v) is 5.88. The zero-order valence-electron chi connectivity index (χ0n) is 10.3. The summed E-state index contributed by atoms with van der Waals surface area (Å²) >= 11 is 0. The molecule has 2 rings (SSSR count). The van der Waals surface area contributed by atoms with E-state index in [1.54, 1.807) is 16.9 Å². The molecule has 4 nitrogen and oxygen atoms in total. The van der Waals surface area contributed by atoms with E-state index in [2.05, 4.69) is 16.9 Å². The van der Waals surface area contributed by atoms with Gasteiger partial charge in [0, 0.05) is 12.4 Å². The highest BCUT2D eigenvalue weighted by Crippen LogP contribution is 2.18. The average molecular weight is 259 g/mol. The predicted molar refractivity (Wildman–Crippen MR) is 70.1 cm³/mol. The van der Waals surface area contributed by atoms with Gasteiger partial charge in [-0.05, 0) is 24.3 Å². The molecule has 1 aromatic heterocycles. The van der Waals surface area contributed by atoms with E-state index in [1.807, 2.05) is 12.3 Å². The minimum atomic E-state index is -0.347. The largest absolute Gasteiger partial charge is 0.490 e. The average Bonchev–Trinajstić information content (AvgIpc) is 2.91. The predicted octanol–water partition coefficient (Wildman–Crippen LogP) is 1.41. The third-order valence-electron chi connectivity index (χ3n) is 2.40. The van der Waals surface area contributed by atoms with Gasteiger partial charge in [-0.25, -0.2) is 4.39 Å². The number of aromatic nitrogens is 2. The molecule has 0 fully saturated rings. The van der Waals surface area contributed by atoms with Crippen LogP contribution in [0.25, 0.3) is 0 Å². The molecule has 2 N–H and O–H groups in total.